The number of piperazine rings is 1. The highest BCUT2D eigenvalue weighted by Gasteiger charge is 2.08. The Hall–Kier alpha value is -5.22. The number of hydrogen-bond donors (Lipinski definition) is 7. The van der Waals surface area contributed by atoms with Gasteiger partial charge < -0.3 is 56.7 Å². The molecule has 13 heterocycles. The van der Waals surface area contributed by atoms with Gasteiger partial charge in [-0.15, -0.1) is 0 Å². The minimum atomic E-state index is 0.889. The SMILES string of the molecule is C1=CNC=CC1.C1=NCCN1.C1CCNC1.C1CCNC1.C1CCNCC1.C1CCNCC1.C1COCCN1.CC.CC.CC.CC.CC.CC.CC.CC.CC.CC.CC.CC.CC.CC.CC.CC.CC.CC.CC.CC.CC.CC.CC.CC.CN1CCCCC1.CN1CCN(C)CC1.c1ccncc1.c1ccnnc1.c1cnccn1.c1cncnc1. The minimum Gasteiger partial charge on any atom is -0.379 e. The van der Waals surface area contributed by atoms with Gasteiger partial charge in [0.25, 0.3) is 0 Å². The Morgan fingerprint density at radius 3 is 0.571 bits per heavy atom. The number of dihydropyridines is 1. The Kier molecular flexibility index (Phi) is 432. The minimum absolute atomic E-state index is 0.889. The van der Waals surface area contributed by atoms with E-state index < -0.39 is 0 Å². The van der Waals surface area contributed by atoms with Gasteiger partial charge in [0.05, 0.1) is 26.1 Å². The lowest BCUT2D eigenvalue weighted by Crippen LogP contribution is -2.42. The highest BCUT2D eigenvalue weighted by atomic mass is 16.5. The topological polar surface area (TPSA) is 206 Å². The number of pyridine rings is 1. The molecule has 13 rings (SSSR count). The zero-order chi connectivity index (χ0) is 104. The Labute approximate surface area is 802 Å². The summed E-state index contributed by atoms with van der Waals surface area (Å²) in [6.07, 6.45) is 47.3. The van der Waals surface area contributed by atoms with Crippen molar-refractivity contribution in [3.05, 3.63) is 129 Å². The quantitative estimate of drug-likeness (QED) is 0.0874. The molecule has 0 spiro atoms. The van der Waals surface area contributed by atoms with Gasteiger partial charge in [0.15, 0.2) is 0 Å². The number of likely N-dealkylation sites (N-methyl/N-ethyl adjacent to an activating group) is 2. The van der Waals surface area contributed by atoms with Crippen molar-refractivity contribution >= 4 is 6.34 Å². The number of aromatic nitrogens is 7. The van der Waals surface area contributed by atoms with Crippen LogP contribution in [0.2, 0.25) is 0 Å². The summed E-state index contributed by atoms with van der Waals surface area (Å²) in [6.45, 7) is 119. The molecule has 0 unspecified atom stereocenters. The summed E-state index contributed by atoms with van der Waals surface area (Å²) in [7, 11) is 6.54. The van der Waals surface area contributed by atoms with Crippen LogP contribution in [0.5, 0.6) is 0 Å². The summed E-state index contributed by atoms with van der Waals surface area (Å²) < 4.78 is 5.01. The molecular weight excluding hydrogens is 1550 g/mol. The average molecular weight is 1810 g/mol. The number of rotatable bonds is 0. The molecule has 0 bridgehead atoms. The van der Waals surface area contributed by atoms with Gasteiger partial charge in [-0.25, -0.2) is 9.97 Å². The highest BCUT2D eigenvalue weighted by molar-refractivity contribution is 5.56. The third kappa shape index (κ3) is 287. The van der Waals surface area contributed by atoms with E-state index in [0.717, 1.165) is 45.8 Å². The van der Waals surface area contributed by atoms with Crippen molar-refractivity contribution in [3.63, 3.8) is 0 Å². The van der Waals surface area contributed by atoms with E-state index in [1.54, 1.807) is 74.4 Å². The first-order valence-corrected chi connectivity index (χ1v) is 53.1. The second kappa shape index (κ2) is 294. The van der Waals surface area contributed by atoms with Crippen LogP contribution in [-0.4, -0.2) is 208 Å². The average Bonchev–Trinajstić information content (AvgIpc) is 1.15. The zero-order valence-corrected chi connectivity index (χ0v) is 96.6. The van der Waals surface area contributed by atoms with E-state index in [9.17, 15) is 0 Å². The van der Waals surface area contributed by atoms with Crippen molar-refractivity contribution in [2.24, 2.45) is 4.99 Å². The van der Waals surface area contributed by atoms with E-state index in [1.165, 1.54) is 181 Å². The first kappa shape index (κ1) is 185. The molecule has 0 aliphatic carbocycles. The third-order valence-corrected chi connectivity index (χ3v) is 11.8. The standard InChI is InChI=1S/C6H14N2.C6H13N.2C5H11N.C5H7N.C5H5N.3C4H4N2.C4H9NO.2C4H9N.C3H6N2.24C2H6/c1-7-3-5-8(2)6-4-7;1-7-5-3-2-4-6-7;4*1-2-4-6-5-3-1;1-2-6-4-3-5-1;1-2-5-4-6-3-1;1-2-4-6-5-3-1;1-3-6-4-2-5-1;2*1-2-4-5-3-1;1-2-5-3-4-1;24*1-2/h3-6H2,1-2H3;2-6H2,1H3;2*6H,1-5H2;2-6H,1H2;1-5H;3*1-4H;5H,1-4H2;2*5H,1-4H2;3H,1-2H2,(H,4,5);24*1-2H3. The summed E-state index contributed by atoms with van der Waals surface area (Å²) in [5, 5.41) is 29.1. The number of nitrogens with one attached hydrogen (secondary N) is 7. The van der Waals surface area contributed by atoms with E-state index in [2.05, 4.69) is 125 Å². The van der Waals surface area contributed by atoms with Gasteiger partial charge in [0, 0.05) is 108 Å². The normalized spacial score (nSPS) is 12.7. The monoisotopic (exact) mass is 1800 g/mol. The van der Waals surface area contributed by atoms with Gasteiger partial charge in [0.1, 0.15) is 6.33 Å². The molecule has 9 aliphatic heterocycles. The number of hydrogen-bond acceptors (Lipinski definition) is 19. The van der Waals surface area contributed by atoms with Gasteiger partial charge >= 0.3 is 0 Å². The van der Waals surface area contributed by atoms with Gasteiger partial charge in [-0.2, -0.15) is 10.2 Å². The predicted molar refractivity (Wildman–Crippen MR) is 598 cm³/mol. The molecule has 774 valence electrons. The molecule has 19 heteroatoms. The van der Waals surface area contributed by atoms with Crippen LogP contribution in [0, 0.1) is 0 Å². The fourth-order valence-corrected chi connectivity index (χ4v) is 7.13. The molecule has 7 fully saturated rings. The van der Waals surface area contributed by atoms with Crippen molar-refractivity contribution < 1.29 is 4.74 Å². The number of ether oxygens (including phenoxy) is 1. The Morgan fingerprint density at radius 1 is 0.230 bits per heavy atom. The predicted octanol–water partition coefficient (Wildman–Crippen LogP) is 30.6. The van der Waals surface area contributed by atoms with Crippen molar-refractivity contribution in [1.29, 1.82) is 0 Å². The lowest BCUT2D eigenvalue weighted by molar-refractivity contribution is 0.109. The molecule has 4 aromatic rings. The van der Waals surface area contributed by atoms with Crippen LogP contribution in [0.1, 0.15) is 422 Å². The van der Waals surface area contributed by atoms with E-state index in [0.29, 0.717) is 0 Å². The van der Waals surface area contributed by atoms with Crippen LogP contribution in [0.25, 0.3) is 0 Å². The molecule has 9 aliphatic rings. The number of likely N-dealkylation sites (tertiary alicyclic amines) is 1. The highest BCUT2D eigenvalue weighted by Crippen LogP contribution is 2.05. The van der Waals surface area contributed by atoms with Crippen molar-refractivity contribution in [3.8, 4) is 0 Å². The van der Waals surface area contributed by atoms with Crippen LogP contribution in [0.4, 0.5) is 0 Å². The largest absolute Gasteiger partial charge is 0.379 e. The van der Waals surface area contributed by atoms with Crippen LogP contribution in [-0.2, 0) is 4.74 Å². The maximum Gasteiger partial charge on any atom is 0.115 e. The lowest BCUT2D eigenvalue weighted by Gasteiger charge is -2.28. The second-order valence-electron chi connectivity index (χ2n) is 18.8. The Bertz CT molecular complexity index is 1380. The summed E-state index contributed by atoms with van der Waals surface area (Å²) in [6, 6.07) is 11.1. The first-order chi connectivity index (χ1) is 62.7. The molecule has 0 radical (unpaired) electrons. The number of aliphatic imine (C=N–C) groups is 1. The molecule has 0 amide bonds. The van der Waals surface area contributed by atoms with Crippen LogP contribution < -0.4 is 37.2 Å². The number of piperidine rings is 3. The van der Waals surface area contributed by atoms with Gasteiger partial charge in [-0.1, -0.05) is 370 Å². The van der Waals surface area contributed by atoms with Crippen molar-refractivity contribution in [2.45, 2.75) is 422 Å². The molecule has 7 saturated heterocycles. The first-order valence-electron chi connectivity index (χ1n) is 53.1. The maximum absolute atomic E-state index is 5.01. The lowest BCUT2D eigenvalue weighted by atomic mass is 10.1. The maximum atomic E-state index is 5.01. The van der Waals surface area contributed by atoms with Crippen LogP contribution in [0.3, 0.4) is 0 Å². The van der Waals surface area contributed by atoms with E-state index in [4.69, 9.17) is 4.74 Å². The molecule has 0 saturated carbocycles. The molecular formula is C107H250N18O. The van der Waals surface area contributed by atoms with Crippen LogP contribution >= 0.6 is 0 Å². The number of morpholine rings is 1. The van der Waals surface area contributed by atoms with Gasteiger partial charge in [-0.3, -0.25) is 19.9 Å². The van der Waals surface area contributed by atoms with E-state index in [-0.39, 0.29) is 0 Å². The Balaban J connectivity index is -0.0000000391. The summed E-state index contributed by atoms with van der Waals surface area (Å²) >= 11 is 0. The Morgan fingerprint density at radius 2 is 0.468 bits per heavy atom. The number of nitrogens with zero attached hydrogens (tertiary/aromatic N) is 11. The third-order valence-electron chi connectivity index (χ3n) is 11.8. The fourth-order valence-electron chi connectivity index (χ4n) is 7.13. The van der Waals surface area contributed by atoms with E-state index in [1.807, 2.05) is 375 Å². The molecule has 4 aromatic heterocycles. The van der Waals surface area contributed by atoms with Crippen molar-refractivity contribution in [1.82, 2.24) is 87.0 Å². The zero-order valence-electron chi connectivity index (χ0n) is 96.6. The van der Waals surface area contributed by atoms with Crippen molar-refractivity contribution in [2.75, 3.05) is 152 Å². The summed E-state index contributed by atoms with van der Waals surface area (Å²) in [5.74, 6) is 0. The summed E-state index contributed by atoms with van der Waals surface area (Å²) in [4.78, 5) is 29.5. The van der Waals surface area contributed by atoms with Crippen LogP contribution in [0.15, 0.2) is 134 Å². The molecule has 0 atom stereocenters. The van der Waals surface area contributed by atoms with E-state index >= 15 is 0 Å². The van der Waals surface area contributed by atoms with Gasteiger partial charge in [0.2, 0.25) is 0 Å². The smallest absolute Gasteiger partial charge is 0.115 e. The molecule has 7 N–H and O–H groups in total. The molecule has 126 heavy (non-hydrogen) atoms. The van der Waals surface area contributed by atoms with Gasteiger partial charge in [-0.05, 0) is 200 Å². The molecule has 19 nitrogen and oxygen atoms in total. The summed E-state index contributed by atoms with van der Waals surface area (Å²) in [5.41, 5.74) is 0. The molecule has 0 aromatic carbocycles. The second-order valence-corrected chi connectivity index (χ2v) is 18.8. The number of allylic oxidation sites excluding steroid dienone is 2. The fraction of sp³-hybridized carbons (Fsp3) is 0.794.